The zero-order chi connectivity index (χ0) is 43.4. The van der Waals surface area contributed by atoms with Crippen LogP contribution in [-0.2, 0) is 15.8 Å². The van der Waals surface area contributed by atoms with E-state index < -0.39 is 13.7 Å². The second kappa shape index (κ2) is 25.1. The summed E-state index contributed by atoms with van der Waals surface area (Å²) < 4.78 is 20.2. The van der Waals surface area contributed by atoms with Crippen LogP contribution < -0.4 is 20.3 Å². The number of unbranched alkanes of at least 4 members (excludes halogenated alkanes) is 7. The number of benzene rings is 4. The highest BCUT2D eigenvalue weighted by Gasteiger charge is 2.46. The molecule has 0 amide bonds. The molecule has 0 fully saturated rings. The maximum atomic E-state index is 10.2. The van der Waals surface area contributed by atoms with Gasteiger partial charge in [0.2, 0.25) is 0 Å². The van der Waals surface area contributed by atoms with Crippen LogP contribution in [0.4, 0.5) is 0 Å². The standard InChI is InChI=1S/C55H76O4Si/c1-10-11-12-13-14-15-16-20-27-45(4)53(58-42-48-34-36-49(57-9)37-35-48)46(5)38-43(2)39-47(6)54(55(7,8)40-44(3)41-56)59-60(50-28-21-17-22-29-50,51-30-23-18-24-31-51)52-32-25-19-26-33-52/h17-19,21-26,28-40,45-46,53-54,56H,10-16,20,27,41-42H2,1-9H3/b43-38+,44-40+,47-39+/t45-,46-,53+,54?/m0/s1. The molecule has 1 unspecified atom stereocenters. The zero-order valence-corrected chi connectivity index (χ0v) is 39.5. The van der Waals surface area contributed by atoms with Crippen LogP contribution in [0.3, 0.4) is 0 Å². The summed E-state index contributed by atoms with van der Waals surface area (Å²) in [5.41, 5.74) is 3.96. The summed E-state index contributed by atoms with van der Waals surface area (Å²) in [6, 6.07) is 40.7. The Morgan fingerprint density at radius 1 is 0.700 bits per heavy atom. The second-order valence-corrected chi connectivity index (χ2v) is 21.1. The topological polar surface area (TPSA) is 47.9 Å². The summed E-state index contributed by atoms with van der Waals surface area (Å²) in [5.74, 6) is 1.45. The molecule has 0 aliphatic heterocycles. The Morgan fingerprint density at radius 2 is 1.20 bits per heavy atom. The van der Waals surface area contributed by atoms with Gasteiger partial charge in [-0.05, 0) is 71.9 Å². The molecule has 60 heavy (non-hydrogen) atoms. The van der Waals surface area contributed by atoms with E-state index in [0.717, 1.165) is 28.9 Å². The number of aliphatic hydroxyl groups excluding tert-OH is 1. The first kappa shape index (κ1) is 48.7. The van der Waals surface area contributed by atoms with Crippen molar-refractivity contribution in [2.24, 2.45) is 17.3 Å². The Labute approximate surface area is 365 Å². The highest BCUT2D eigenvalue weighted by molar-refractivity contribution is 7.07. The molecule has 0 saturated carbocycles. The third-order valence-electron chi connectivity index (χ3n) is 12.0. The Bertz CT molecular complexity index is 1780. The second-order valence-electron chi connectivity index (χ2n) is 17.8. The van der Waals surface area contributed by atoms with Crippen LogP contribution in [0.25, 0.3) is 0 Å². The minimum Gasteiger partial charge on any atom is -0.497 e. The lowest BCUT2D eigenvalue weighted by Crippen LogP contribution is -2.71. The van der Waals surface area contributed by atoms with E-state index >= 15 is 0 Å². The summed E-state index contributed by atoms with van der Waals surface area (Å²) in [6.45, 7) is 18.5. The Hall–Kier alpha value is -4.00. The molecule has 5 heteroatoms. The molecule has 0 spiro atoms. The molecule has 4 aromatic rings. The number of hydrogen-bond acceptors (Lipinski definition) is 4. The summed E-state index contributed by atoms with van der Waals surface area (Å²) in [6.07, 6.45) is 18.4. The normalized spacial score (nSPS) is 15.1. The van der Waals surface area contributed by atoms with Gasteiger partial charge >= 0.3 is 0 Å². The molecule has 0 aliphatic rings. The van der Waals surface area contributed by atoms with Crippen LogP contribution in [-0.4, -0.2) is 39.3 Å². The van der Waals surface area contributed by atoms with Crippen molar-refractivity contribution < 1.29 is 19.0 Å². The number of aliphatic hydroxyl groups is 1. The minimum atomic E-state index is -3.09. The minimum absolute atomic E-state index is 0.00302. The summed E-state index contributed by atoms with van der Waals surface area (Å²) >= 11 is 0. The first-order valence-electron chi connectivity index (χ1n) is 22.7. The van der Waals surface area contributed by atoms with Crippen molar-refractivity contribution in [3.8, 4) is 5.75 Å². The average molecular weight is 829 g/mol. The van der Waals surface area contributed by atoms with Gasteiger partial charge in [0.05, 0.1) is 32.5 Å². The zero-order valence-electron chi connectivity index (χ0n) is 38.5. The Balaban J connectivity index is 1.71. The first-order chi connectivity index (χ1) is 28.9. The Kier molecular flexibility index (Phi) is 20.3. The summed E-state index contributed by atoms with van der Waals surface area (Å²) in [4.78, 5) is 0. The predicted octanol–water partition coefficient (Wildman–Crippen LogP) is 12.3. The molecule has 0 saturated heterocycles. The van der Waals surface area contributed by atoms with E-state index in [1.165, 1.54) is 72.5 Å². The summed E-state index contributed by atoms with van der Waals surface area (Å²) in [5, 5.41) is 13.8. The van der Waals surface area contributed by atoms with Crippen LogP contribution in [0, 0.1) is 17.3 Å². The van der Waals surface area contributed by atoms with Crippen molar-refractivity contribution in [1.29, 1.82) is 0 Å². The lowest BCUT2D eigenvalue weighted by Gasteiger charge is -2.42. The largest absolute Gasteiger partial charge is 0.497 e. The fraction of sp³-hybridized carbons (Fsp3) is 0.455. The van der Waals surface area contributed by atoms with Crippen molar-refractivity contribution >= 4 is 23.9 Å². The van der Waals surface area contributed by atoms with Gasteiger partial charge in [-0.1, -0.05) is 218 Å². The number of rotatable bonds is 26. The molecular weight excluding hydrogens is 753 g/mol. The molecule has 0 radical (unpaired) electrons. The molecule has 4 rings (SSSR count). The van der Waals surface area contributed by atoms with E-state index in [1.54, 1.807) is 7.11 Å². The van der Waals surface area contributed by atoms with Gasteiger partial charge in [-0.15, -0.1) is 0 Å². The van der Waals surface area contributed by atoms with Gasteiger partial charge in [-0.2, -0.15) is 0 Å². The maximum Gasteiger partial charge on any atom is 0.288 e. The van der Waals surface area contributed by atoms with Crippen molar-refractivity contribution in [3.63, 3.8) is 0 Å². The Morgan fingerprint density at radius 3 is 1.68 bits per heavy atom. The van der Waals surface area contributed by atoms with Crippen molar-refractivity contribution in [2.45, 2.75) is 132 Å². The quantitative estimate of drug-likeness (QED) is 0.0225. The molecule has 4 nitrogen and oxygen atoms in total. The van der Waals surface area contributed by atoms with Gasteiger partial charge in [0.25, 0.3) is 8.32 Å². The number of methoxy groups -OCH3 is 1. The fourth-order valence-electron chi connectivity index (χ4n) is 8.99. The third-order valence-corrected chi connectivity index (χ3v) is 16.0. The van der Waals surface area contributed by atoms with Crippen LogP contribution in [0.1, 0.15) is 119 Å². The van der Waals surface area contributed by atoms with Crippen molar-refractivity contribution in [3.05, 3.63) is 156 Å². The summed E-state index contributed by atoms with van der Waals surface area (Å²) in [7, 11) is -1.39. The SMILES string of the molecule is CCCCCCCCCC[C@H](C)[C@@H](OCc1ccc(OC)cc1)[C@@H](C)/C=C(C)/C=C(\C)C(O[Si](c1ccccc1)(c1ccccc1)c1ccccc1)C(C)(C)/C=C(\C)CO. The van der Waals surface area contributed by atoms with Gasteiger partial charge in [0.15, 0.2) is 0 Å². The first-order valence-corrected chi connectivity index (χ1v) is 24.6. The van der Waals surface area contributed by atoms with Crippen LogP contribution in [0.2, 0.25) is 0 Å². The molecule has 0 heterocycles. The highest BCUT2D eigenvalue weighted by atomic mass is 28.4. The molecule has 324 valence electrons. The molecule has 0 bridgehead atoms. The highest BCUT2D eigenvalue weighted by Crippen LogP contribution is 2.35. The van der Waals surface area contributed by atoms with E-state index in [1.807, 2.05) is 19.1 Å². The molecule has 4 aromatic carbocycles. The van der Waals surface area contributed by atoms with Crippen LogP contribution in [0.5, 0.6) is 5.75 Å². The lowest BCUT2D eigenvalue weighted by molar-refractivity contribution is -0.0193. The maximum absolute atomic E-state index is 10.2. The lowest BCUT2D eigenvalue weighted by atomic mass is 9.80. The van der Waals surface area contributed by atoms with Crippen LogP contribution >= 0.6 is 0 Å². The van der Waals surface area contributed by atoms with Gasteiger partial charge in [-0.3, -0.25) is 0 Å². The number of hydrogen-bond donors (Lipinski definition) is 1. The number of ether oxygens (including phenoxy) is 2. The fourth-order valence-corrected chi connectivity index (χ4v) is 13.2. The van der Waals surface area contributed by atoms with E-state index in [4.69, 9.17) is 13.9 Å². The average Bonchev–Trinajstić information content (AvgIpc) is 3.25. The molecular formula is C55H76O4Si. The van der Waals surface area contributed by atoms with E-state index in [-0.39, 0.29) is 24.7 Å². The van der Waals surface area contributed by atoms with Crippen molar-refractivity contribution in [1.82, 2.24) is 0 Å². The number of allylic oxidation sites excluding steroid dienone is 2. The molecule has 4 atom stereocenters. The van der Waals surface area contributed by atoms with E-state index in [9.17, 15) is 5.11 Å². The monoisotopic (exact) mass is 829 g/mol. The van der Waals surface area contributed by atoms with Crippen LogP contribution in [0.15, 0.2) is 150 Å². The predicted molar refractivity (Wildman–Crippen MR) is 258 cm³/mol. The smallest absolute Gasteiger partial charge is 0.288 e. The molecule has 0 aliphatic carbocycles. The van der Waals surface area contributed by atoms with Gasteiger partial charge in [-0.25, -0.2) is 0 Å². The van der Waals surface area contributed by atoms with E-state index in [0.29, 0.717) is 12.5 Å². The van der Waals surface area contributed by atoms with E-state index in [2.05, 4.69) is 170 Å². The molecule has 0 aromatic heterocycles. The van der Waals surface area contributed by atoms with Gasteiger partial charge < -0.3 is 19.0 Å². The third kappa shape index (κ3) is 14.3. The van der Waals surface area contributed by atoms with Crippen molar-refractivity contribution in [2.75, 3.05) is 13.7 Å². The molecule has 1 N–H and O–H groups in total. The van der Waals surface area contributed by atoms with Gasteiger partial charge in [0.1, 0.15) is 5.75 Å². The van der Waals surface area contributed by atoms with Gasteiger partial charge in [0, 0.05) is 11.3 Å².